The van der Waals surface area contributed by atoms with E-state index in [0.717, 1.165) is 36.0 Å². The third-order valence-corrected chi connectivity index (χ3v) is 6.16. The maximum absolute atomic E-state index is 14.1. The van der Waals surface area contributed by atoms with Gasteiger partial charge in [-0.05, 0) is 23.1 Å². The minimum Gasteiger partial charge on any atom is -0.297 e. The summed E-state index contributed by atoms with van der Waals surface area (Å²) >= 11 is 0. The van der Waals surface area contributed by atoms with Crippen molar-refractivity contribution >= 4 is 15.0 Å². The lowest BCUT2D eigenvalue weighted by Crippen LogP contribution is -2.35. The molecule has 3 aromatic rings. The highest BCUT2D eigenvalue weighted by molar-refractivity contribution is 7.21. The molecule has 138 valence electrons. The molecule has 0 heterocycles. The molecule has 0 amide bonds. The Morgan fingerprint density at radius 1 is 0.815 bits per heavy atom. The number of Topliss-reactive ketones (excluding diaryl/α,β-unsaturated/α-hetero) is 1. The van der Waals surface area contributed by atoms with Crippen LogP contribution in [0.3, 0.4) is 0 Å². The molecule has 2 unspecified atom stereocenters. The summed E-state index contributed by atoms with van der Waals surface area (Å²) in [4.78, 5) is 14.1. The summed E-state index contributed by atoms with van der Waals surface area (Å²) in [6.07, 6.45) is 2.99. The van der Waals surface area contributed by atoms with Crippen LogP contribution in [0.1, 0.15) is 48.8 Å². The van der Waals surface area contributed by atoms with Crippen molar-refractivity contribution < 1.29 is 4.79 Å². The van der Waals surface area contributed by atoms with Gasteiger partial charge in [-0.3, -0.25) is 4.79 Å². The van der Waals surface area contributed by atoms with Gasteiger partial charge in [-0.15, -0.1) is 9.24 Å². The second kappa shape index (κ2) is 9.11. The summed E-state index contributed by atoms with van der Waals surface area (Å²) in [6, 6.07) is 30.5. The predicted octanol–water partition coefficient (Wildman–Crippen LogP) is 6.35. The molecule has 0 aliphatic heterocycles. The highest BCUT2D eigenvalue weighted by Crippen LogP contribution is 2.44. The molecule has 0 radical (unpaired) electrons. The summed E-state index contributed by atoms with van der Waals surface area (Å²) in [5.74, 6) is 0.119. The van der Waals surface area contributed by atoms with E-state index in [1.165, 1.54) is 0 Å². The van der Waals surface area contributed by atoms with Gasteiger partial charge in [-0.2, -0.15) is 0 Å². The Bertz CT molecular complexity index is 804. The monoisotopic (exact) mass is 374 g/mol. The van der Waals surface area contributed by atoms with E-state index in [2.05, 4.69) is 52.6 Å². The van der Waals surface area contributed by atoms with Crippen molar-refractivity contribution in [3.63, 3.8) is 0 Å². The van der Waals surface area contributed by atoms with Gasteiger partial charge in [0.15, 0.2) is 5.78 Å². The molecule has 0 aliphatic rings. The van der Waals surface area contributed by atoms with Crippen LogP contribution in [0.25, 0.3) is 0 Å². The van der Waals surface area contributed by atoms with E-state index in [1.54, 1.807) is 0 Å². The first-order valence-corrected chi connectivity index (χ1v) is 10.2. The van der Waals surface area contributed by atoms with E-state index in [9.17, 15) is 4.79 Å². The van der Waals surface area contributed by atoms with Gasteiger partial charge in [0, 0.05) is 5.92 Å². The van der Waals surface area contributed by atoms with Crippen molar-refractivity contribution in [1.29, 1.82) is 0 Å². The first kappa shape index (κ1) is 19.5. The molecule has 0 saturated heterocycles. The van der Waals surface area contributed by atoms with Crippen LogP contribution in [0.2, 0.25) is 0 Å². The molecule has 2 atom stereocenters. The fraction of sp³-hybridized carbons (Fsp3) is 0.240. The first-order chi connectivity index (χ1) is 13.2. The van der Waals surface area contributed by atoms with Gasteiger partial charge in [-0.25, -0.2) is 0 Å². The zero-order chi connectivity index (χ0) is 19.1. The van der Waals surface area contributed by atoms with Crippen LogP contribution < -0.4 is 0 Å². The largest absolute Gasteiger partial charge is 0.297 e. The number of ketones is 1. The molecule has 0 fully saturated rings. The molecule has 0 aliphatic carbocycles. The third-order valence-electron chi connectivity index (χ3n) is 5.21. The SMILES string of the molecule is CCCCC(C(=O)C(P)(c1ccccc1)c1ccccc1)c1ccccc1. The van der Waals surface area contributed by atoms with Crippen molar-refractivity contribution in [1.82, 2.24) is 0 Å². The topological polar surface area (TPSA) is 17.1 Å². The fourth-order valence-electron chi connectivity index (χ4n) is 3.67. The highest BCUT2D eigenvalue weighted by Gasteiger charge is 2.41. The molecule has 3 aromatic carbocycles. The second-order valence-corrected chi connectivity index (χ2v) is 7.88. The van der Waals surface area contributed by atoms with E-state index in [-0.39, 0.29) is 11.7 Å². The van der Waals surface area contributed by atoms with Gasteiger partial charge in [0.2, 0.25) is 0 Å². The number of hydrogen-bond acceptors (Lipinski definition) is 1. The van der Waals surface area contributed by atoms with Crippen molar-refractivity contribution in [2.24, 2.45) is 0 Å². The molecule has 3 rings (SSSR count). The summed E-state index contributed by atoms with van der Waals surface area (Å²) in [7, 11) is 2.90. The maximum atomic E-state index is 14.1. The van der Waals surface area contributed by atoms with E-state index < -0.39 is 5.16 Å². The minimum atomic E-state index is -0.753. The van der Waals surface area contributed by atoms with Crippen LogP contribution in [-0.4, -0.2) is 5.78 Å². The smallest absolute Gasteiger partial charge is 0.158 e. The number of carbonyl (C=O) groups is 1. The summed E-state index contributed by atoms with van der Waals surface area (Å²) < 4.78 is 0. The van der Waals surface area contributed by atoms with Crippen molar-refractivity contribution in [3.8, 4) is 0 Å². The molecule has 0 spiro atoms. The first-order valence-electron chi connectivity index (χ1n) is 9.67. The molecular weight excluding hydrogens is 347 g/mol. The molecular formula is C25H27OP. The Hall–Kier alpha value is -2.24. The standard InChI is InChI=1S/C25H27OP/c1-2-3-19-23(20-13-7-4-8-14-20)24(26)25(27,21-15-9-5-10-16-21)22-17-11-6-12-18-22/h4-18,23H,2-3,19,27H2,1H3. The lowest BCUT2D eigenvalue weighted by atomic mass is 9.77. The molecule has 1 nitrogen and oxygen atoms in total. The Labute approximate surface area is 165 Å². The van der Waals surface area contributed by atoms with Crippen LogP contribution in [0.15, 0.2) is 91.0 Å². The highest BCUT2D eigenvalue weighted by atomic mass is 31.0. The van der Waals surface area contributed by atoms with Gasteiger partial charge < -0.3 is 0 Å². The van der Waals surface area contributed by atoms with Crippen LogP contribution in [-0.2, 0) is 9.95 Å². The maximum Gasteiger partial charge on any atom is 0.158 e. The van der Waals surface area contributed by atoms with E-state index in [0.29, 0.717) is 0 Å². The Morgan fingerprint density at radius 2 is 1.26 bits per heavy atom. The summed E-state index contributed by atoms with van der Waals surface area (Å²) in [6.45, 7) is 2.18. The lowest BCUT2D eigenvalue weighted by molar-refractivity contribution is -0.122. The zero-order valence-corrected chi connectivity index (χ0v) is 17.0. The normalized spacial score (nSPS) is 12.5. The Morgan fingerprint density at radius 3 is 1.70 bits per heavy atom. The quantitative estimate of drug-likeness (QED) is 0.420. The van der Waals surface area contributed by atoms with Crippen LogP contribution >= 0.6 is 9.24 Å². The number of carbonyl (C=O) groups excluding carboxylic acids is 1. The van der Waals surface area contributed by atoms with Crippen LogP contribution in [0.4, 0.5) is 0 Å². The molecule has 2 heteroatoms. The van der Waals surface area contributed by atoms with Gasteiger partial charge in [0.1, 0.15) is 0 Å². The average Bonchev–Trinajstić information content (AvgIpc) is 2.75. The minimum absolute atomic E-state index is 0.121. The number of rotatable bonds is 8. The van der Waals surface area contributed by atoms with E-state index in [4.69, 9.17) is 0 Å². The third kappa shape index (κ3) is 4.20. The van der Waals surface area contributed by atoms with Gasteiger partial charge in [-0.1, -0.05) is 111 Å². The predicted molar refractivity (Wildman–Crippen MR) is 117 cm³/mol. The number of unbranched alkanes of at least 4 members (excludes halogenated alkanes) is 1. The summed E-state index contributed by atoms with van der Waals surface area (Å²) in [5, 5.41) is -0.753. The molecule has 0 bridgehead atoms. The Balaban J connectivity index is 2.11. The lowest BCUT2D eigenvalue weighted by Gasteiger charge is -2.33. The zero-order valence-electron chi connectivity index (χ0n) is 15.8. The van der Waals surface area contributed by atoms with Gasteiger partial charge in [0.25, 0.3) is 0 Å². The van der Waals surface area contributed by atoms with Gasteiger partial charge >= 0.3 is 0 Å². The molecule has 0 aromatic heterocycles. The van der Waals surface area contributed by atoms with E-state index in [1.807, 2.05) is 54.6 Å². The summed E-state index contributed by atoms with van der Waals surface area (Å²) in [5.41, 5.74) is 3.14. The molecule has 27 heavy (non-hydrogen) atoms. The Kier molecular flexibility index (Phi) is 6.58. The number of hydrogen-bond donors (Lipinski definition) is 0. The van der Waals surface area contributed by atoms with Crippen LogP contribution in [0.5, 0.6) is 0 Å². The fourth-order valence-corrected chi connectivity index (χ4v) is 4.26. The second-order valence-electron chi connectivity index (χ2n) is 7.01. The van der Waals surface area contributed by atoms with Crippen LogP contribution in [0, 0.1) is 0 Å². The van der Waals surface area contributed by atoms with Crippen molar-refractivity contribution in [2.45, 2.75) is 37.3 Å². The molecule has 0 saturated carbocycles. The van der Waals surface area contributed by atoms with E-state index >= 15 is 0 Å². The van der Waals surface area contributed by atoms with Crippen molar-refractivity contribution in [3.05, 3.63) is 108 Å². The van der Waals surface area contributed by atoms with Gasteiger partial charge in [0.05, 0.1) is 5.16 Å². The number of benzene rings is 3. The molecule has 0 N–H and O–H groups in total. The average molecular weight is 374 g/mol. The van der Waals surface area contributed by atoms with Crippen molar-refractivity contribution in [2.75, 3.05) is 0 Å².